The molecule has 0 unspecified atom stereocenters. The fourth-order valence-corrected chi connectivity index (χ4v) is 2.78. The average molecular weight is 310 g/mol. The largest absolute Gasteiger partial charge is 0.376 e. The first-order chi connectivity index (χ1) is 11.0. The Labute approximate surface area is 139 Å². The zero-order valence-corrected chi connectivity index (χ0v) is 14.5. The summed E-state index contributed by atoms with van der Waals surface area (Å²) in [5.41, 5.74) is 4.45. The molecule has 1 amide bonds. The minimum Gasteiger partial charge on any atom is -0.376 e. The molecule has 0 aromatic heterocycles. The van der Waals surface area contributed by atoms with Gasteiger partial charge in [-0.3, -0.25) is 4.79 Å². The number of hydrogen-bond acceptors (Lipinski definition) is 2. The van der Waals surface area contributed by atoms with Crippen molar-refractivity contribution in [3.8, 4) is 0 Å². The maximum absolute atomic E-state index is 12.6. The highest BCUT2D eigenvalue weighted by Crippen LogP contribution is 2.27. The summed E-state index contributed by atoms with van der Waals surface area (Å²) in [7, 11) is 0. The van der Waals surface area contributed by atoms with Crippen LogP contribution in [0.25, 0.3) is 0 Å². The van der Waals surface area contributed by atoms with Crippen molar-refractivity contribution in [1.82, 2.24) is 0 Å². The Bertz CT molecular complexity index is 650. The van der Waals surface area contributed by atoms with Crippen molar-refractivity contribution in [1.29, 1.82) is 0 Å². The summed E-state index contributed by atoms with van der Waals surface area (Å²) in [5.74, 6) is 0.501. The molecule has 0 saturated heterocycles. The summed E-state index contributed by atoms with van der Waals surface area (Å²) in [6, 6.07) is 16.1. The van der Waals surface area contributed by atoms with Gasteiger partial charge in [0, 0.05) is 17.9 Å². The molecule has 1 N–H and O–H groups in total. The molecule has 0 aliphatic rings. The van der Waals surface area contributed by atoms with Gasteiger partial charge in [-0.05, 0) is 43.0 Å². The van der Waals surface area contributed by atoms with Gasteiger partial charge in [-0.15, -0.1) is 0 Å². The van der Waals surface area contributed by atoms with Crippen LogP contribution >= 0.6 is 0 Å². The molecule has 0 aliphatic carbocycles. The van der Waals surface area contributed by atoms with Crippen molar-refractivity contribution in [2.75, 3.05) is 23.3 Å². The first-order valence-electron chi connectivity index (χ1n) is 8.23. The van der Waals surface area contributed by atoms with Gasteiger partial charge >= 0.3 is 0 Å². The Kier molecular flexibility index (Phi) is 5.80. The summed E-state index contributed by atoms with van der Waals surface area (Å²) < 4.78 is 0. The molecule has 122 valence electrons. The third-order valence-electron chi connectivity index (χ3n) is 4.03. The van der Waals surface area contributed by atoms with Gasteiger partial charge in [0.05, 0.1) is 6.54 Å². The highest BCUT2D eigenvalue weighted by atomic mass is 16.2. The van der Waals surface area contributed by atoms with Gasteiger partial charge in [-0.25, -0.2) is 0 Å². The third-order valence-corrected chi connectivity index (χ3v) is 4.03. The average Bonchev–Trinajstić information content (AvgIpc) is 2.55. The first kappa shape index (κ1) is 17.1. The molecule has 0 heterocycles. The third kappa shape index (κ3) is 4.13. The second-order valence-electron chi connectivity index (χ2n) is 6.02. The Morgan fingerprint density at radius 3 is 2.39 bits per heavy atom. The van der Waals surface area contributed by atoms with Gasteiger partial charge in [0.15, 0.2) is 0 Å². The second-order valence-corrected chi connectivity index (χ2v) is 6.02. The number of benzene rings is 2. The van der Waals surface area contributed by atoms with Crippen molar-refractivity contribution < 1.29 is 4.79 Å². The zero-order valence-electron chi connectivity index (χ0n) is 14.5. The van der Waals surface area contributed by atoms with Gasteiger partial charge in [0.25, 0.3) is 0 Å². The molecule has 3 nitrogen and oxygen atoms in total. The molecule has 2 aromatic carbocycles. The zero-order chi connectivity index (χ0) is 16.8. The van der Waals surface area contributed by atoms with E-state index < -0.39 is 0 Å². The van der Waals surface area contributed by atoms with E-state index in [-0.39, 0.29) is 5.91 Å². The Hall–Kier alpha value is -2.29. The van der Waals surface area contributed by atoms with Crippen molar-refractivity contribution in [3.05, 3.63) is 59.7 Å². The van der Waals surface area contributed by atoms with E-state index >= 15 is 0 Å². The van der Waals surface area contributed by atoms with Crippen LogP contribution < -0.4 is 10.2 Å². The van der Waals surface area contributed by atoms with Crippen molar-refractivity contribution in [2.45, 2.75) is 33.6 Å². The van der Waals surface area contributed by atoms with E-state index in [0.29, 0.717) is 19.0 Å². The molecule has 0 aliphatic heterocycles. The van der Waals surface area contributed by atoms with E-state index in [4.69, 9.17) is 0 Å². The molecule has 3 heteroatoms. The summed E-state index contributed by atoms with van der Waals surface area (Å²) >= 11 is 0. The van der Waals surface area contributed by atoms with E-state index in [0.717, 1.165) is 11.4 Å². The fourth-order valence-electron chi connectivity index (χ4n) is 2.78. The van der Waals surface area contributed by atoms with Crippen LogP contribution in [0.2, 0.25) is 0 Å². The number of nitrogens with one attached hydrogen (secondary N) is 1. The predicted molar refractivity (Wildman–Crippen MR) is 98.2 cm³/mol. The Balaban J connectivity index is 2.13. The van der Waals surface area contributed by atoms with E-state index in [9.17, 15) is 4.79 Å². The highest BCUT2D eigenvalue weighted by molar-refractivity contribution is 5.96. The van der Waals surface area contributed by atoms with Crippen LogP contribution in [0, 0.1) is 6.92 Å². The topological polar surface area (TPSA) is 32.3 Å². The minimum atomic E-state index is 0.0802. The van der Waals surface area contributed by atoms with E-state index in [1.807, 2.05) is 37.3 Å². The molecule has 2 rings (SSSR count). The van der Waals surface area contributed by atoms with Crippen molar-refractivity contribution >= 4 is 17.3 Å². The van der Waals surface area contributed by atoms with Crippen LogP contribution in [0.1, 0.15) is 37.8 Å². The quantitative estimate of drug-likeness (QED) is 0.846. The number of para-hydroxylation sites is 2. The first-order valence-corrected chi connectivity index (χ1v) is 8.23. The Morgan fingerprint density at radius 1 is 1.09 bits per heavy atom. The van der Waals surface area contributed by atoms with Crippen LogP contribution in [-0.2, 0) is 4.79 Å². The number of hydrogen-bond donors (Lipinski definition) is 1. The number of anilines is 2. The van der Waals surface area contributed by atoms with Gasteiger partial charge in [0.2, 0.25) is 5.91 Å². The highest BCUT2D eigenvalue weighted by Gasteiger charge is 2.15. The number of nitrogens with zero attached hydrogens (tertiary/aromatic N) is 1. The molecule has 2 aromatic rings. The molecule has 23 heavy (non-hydrogen) atoms. The van der Waals surface area contributed by atoms with Crippen LogP contribution in [0.5, 0.6) is 0 Å². The second kappa shape index (κ2) is 7.82. The van der Waals surface area contributed by atoms with Gasteiger partial charge in [-0.2, -0.15) is 0 Å². The lowest BCUT2D eigenvalue weighted by Crippen LogP contribution is -2.35. The summed E-state index contributed by atoms with van der Waals surface area (Å²) in [4.78, 5) is 14.4. The number of likely N-dealkylation sites (N-methyl/N-ethyl adjacent to an activating group) is 1. The van der Waals surface area contributed by atoms with E-state index in [2.05, 4.69) is 44.3 Å². The SMILES string of the molecule is CCN(C(=O)CNc1c(C)cccc1C(C)C)c1ccccc1. The van der Waals surface area contributed by atoms with E-state index in [1.54, 1.807) is 4.90 Å². The van der Waals surface area contributed by atoms with Crippen LogP contribution in [0.4, 0.5) is 11.4 Å². The molecule has 0 spiro atoms. The van der Waals surface area contributed by atoms with E-state index in [1.165, 1.54) is 11.1 Å². The van der Waals surface area contributed by atoms with Crippen LogP contribution in [0.15, 0.2) is 48.5 Å². The number of aryl methyl sites for hydroxylation is 1. The smallest absolute Gasteiger partial charge is 0.246 e. The number of carbonyl (C=O) groups is 1. The fraction of sp³-hybridized carbons (Fsp3) is 0.350. The van der Waals surface area contributed by atoms with Crippen molar-refractivity contribution in [2.24, 2.45) is 0 Å². The molecule has 0 fully saturated rings. The number of amides is 1. The summed E-state index contributed by atoms with van der Waals surface area (Å²) in [6.45, 7) is 9.38. The maximum Gasteiger partial charge on any atom is 0.246 e. The molecular weight excluding hydrogens is 284 g/mol. The normalized spacial score (nSPS) is 10.7. The molecule has 0 bridgehead atoms. The maximum atomic E-state index is 12.6. The number of rotatable bonds is 6. The monoisotopic (exact) mass is 310 g/mol. The molecule has 0 radical (unpaired) electrons. The summed E-state index contributed by atoms with van der Waals surface area (Å²) in [6.07, 6.45) is 0. The van der Waals surface area contributed by atoms with Crippen molar-refractivity contribution in [3.63, 3.8) is 0 Å². The lowest BCUT2D eigenvalue weighted by molar-refractivity contribution is -0.116. The molecule has 0 atom stereocenters. The van der Waals surface area contributed by atoms with Crippen LogP contribution in [-0.4, -0.2) is 19.0 Å². The number of carbonyl (C=O) groups excluding carboxylic acids is 1. The standard InChI is InChI=1S/C20H26N2O/c1-5-22(17-11-7-6-8-12-17)19(23)14-21-20-16(4)10-9-13-18(20)15(2)3/h6-13,15,21H,5,14H2,1-4H3. The predicted octanol–water partition coefficient (Wildman–Crippen LogP) is 4.58. The van der Waals surface area contributed by atoms with Gasteiger partial charge < -0.3 is 10.2 Å². The summed E-state index contributed by atoms with van der Waals surface area (Å²) in [5, 5.41) is 3.36. The van der Waals surface area contributed by atoms with Gasteiger partial charge in [-0.1, -0.05) is 50.2 Å². The lowest BCUT2D eigenvalue weighted by Gasteiger charge is -2.23. The molecular formula is C20H26N2O. The Morgan fingerprint density at radius 2 is 1.78 bits per heavy atom. The lowest BCUT2D eigenvalue weighted by atomic mass is 9.98. The molecule has 0 saturated carbocycles. The minimum absolute atomic E-state index is 0.0802. The van der Waals surface area contributed by atoms with Crippen LogP contribution in [0.3, 0.4) is 0 Å². The van der Waals surface area contributed by atoms with Gasteiger partial charge in [0.1, 0.15) is 0 Å².